The van der Waals surface area contributed by atoms with Gasteiger partial charge in [0.25, 0.3) is 0 Å². The molecule has 0 saturated heterocycles. The summed E-state index contributed by atoms with van der Waals surface area (Å²) < 4.78 is 0. The summed E-state index contributed by atoms with van der Waals surface area (Å²) in [6.45, 7) is 2.23. The summed E-state index contributed by atoms with van der Waals surface area (Å²) in [6.07, 6.45) is 7.65. The zero-order valence-electron chi connectivity index (χ0n) is 11.2. The molecule has 1 aliphatic carbocycles. The van der Waals surface area contributed by atoms with E-state index in [-0.39, 0.29) is 0 Å². The van der Waals surface area contributed by atoms with Gasteiger partial charge in [-0.2, -0.15) is 0 Å². The Kier molecular flexibility index (Phi) is 3.45. The molecule has 3 rings (SSSR count). The Morgan fingerprint density at radius 1 is 1.16 bits per heavy atom. The van der Waals surface area contributed by atoms with Crippen molar-refractivity contribution in [3.05, 3.63) is 42.7 Å². The molecule has 1 aromatic carbocycles. The molecule has 0 spiro atoms. The monoisotopic (exact) mass is 253 g/mol. The summed E-state index contributed by atoms with van der Waals surface area (Å²) in [4.78, 5) is 8.88. The number of benzene rings is 1. The van der Waals surface area contributed by atoms with Crippen molar-refractivity contribution >= 4 is 5.69 Å². The number of anilines is 1. The Bertz CT molecular complexity index is 517. The molecule has 19 heavy (non-hydrogen) atoms. The first-order chi connectivity index (χ1) is 9.36. The number of aromatic nitrogens is 2. The lowest BCUT2D eigenvalue weighted by Crippen LogP contribution is -2.20. The Hall–Kier alpha value is -1.90. The van der Waals surface area contributed by atoms with Crippen molar-refractivity contribution in [2.45, 2.75) is 32.2 Å². The van der Waals surface area contributed by atoms with Gasteiger partial charge in [-0.15, -0.1) is 0 Å². The maximum Gasteiger partial charge on any atom is 0.159 e. The maximum atomic E-state index is 4.44. The predicted octanol–water partition coefficient (Wildman–Crippen LogP) is 3.74. The highest BCUT2D eigenvalue weighted by atomic mass is 15.0. The van der Waals surface area contributed by atoms with E-state index in [1.165, 1.54) is 12.8 Å². The van der Waals surface area contributed by atoms with Crippen LogP contribution in [-0.2, 0) is 0 Å². The molecular formula is C16H19N3. The van der Waals surface area contributed by atoms with Crippen LogP contribution in [0.4, 0.5) is 5.69 Å². The molecule has 3 heteroatoms. The second-order valence-corrected chi connectivity index (χ2v) is 5.16. The minimum absolute atomic E-state index is 0.575. The van der Waals surface area contributed by atoms with Gasteiger partial charge in [-0.1, -0.05) is 37.3 Å². The molecule has 1 N–H and O–H groups in total. The van der Waals surface area contributed by atoms with Crippen LogP contribution in [0.2, 0.25) is 0 Å². The van der Waals surface area contributed by atoms with Crippen molar-refractivity contribution in [1.82, 2.24) is 9.97 Å². The molecule has 1 unspecified atom stereocenters. The zero-order chi connectivity index (χ0) is 13.1. The normalized spacial score (nSPS) is 16.1. The molecule has 1 fully saturated rings. The average Bonchev–Trinajstić information content (AvgIpc) is 3.31. The van der Waals surface area contributed by atoms with Crippen molar-refractivity contribution in [3.63, 3.8) is 0 Å². The van der Waals surface area contributed by atoms with Gasteiger partial charge in [-0.05, 0) is 25.2 Å². The SMILES string of the molecule is CCC(Nc1cnc(-c2ccccc2)nc1)C1CC1. The van der Waals surface area contributed by atoms with E-state index in [9.17, 15) is 0 Å². The Morgan fingerprint density at radius 2 is 1.84 bits per heavy atom. The highest BCUT2D eigenvalue weighted by molar-refractivity contribution is 5.55. The molecule has 1 saturated carbocycles. The van der Waals surface area contributed by atoms with E-state index < -0.39 is 0 Å². The van der Waals surface area contributed by atoms with Crippen molar-refractivity contribution in [2.24, 2.45) is 5.92 Å². The maximum absolute atomic E-state index is 4.44. The number of nitrogens with zero attached hydrogens (tertiary/aromatic N) is 2. The summed E-state index contributed by atoms with van der Waals surface area (Å²) in [5.74, 6) is 1.63. The quantitative estimate of drug-likeness (QED) is 0.882. The molecule has 0 aliphatic heterocycles. The number of nitrogens with one attached hydrogen (secondary N) is 1. The summed E-state index contributed by atoms with van der Waals surface area (Å²) in [5, 5.41) is 3.54. The van der Waals surface area contributed by atoms with Crippen LogP contribution >= 0.6 is 0 Å². The van der Waals surface area contributed by atoms with Crippen LogP contribution in [0.15, 0.2) is 42.7 Å². The van der Waals surface area contributed by atoms with Crippen LogP contribution in [0.1, 0.15) is 26.2 Å². The van der Waals surface area contributed by atoms with Gasteiger partial charge in [0.2, 0.25) is 0 Å². The Labute approximate surface area is 114 Å². The van der Waals surface area contributed by atoms with Crippen LogP contribution in [0.25, 0.3) is 11.4 Å². The lowest BCUT2D eigenvalue weighted by molar-refractivity contribution is 0.616. The third-order valence-electron chi connectivity index (χ3n) is 3.67. The summed E-state index contributed by atoms with van der Waals surface area (Å²) in [6, 6.07) is 10.6. The van der Waals surface area contributed by atoms with Crippen molar-refractivity contribution in [1.29, 1.82) is 0 Å². The highest BCUT2D eigenvalue weighted by Gasteiger charge is 2.29. The lowest BCUT2D eigenvalue weighted by atomic mass is 10.1. The van der Waals surface area contributed by atoms with Gasteiger partial charge >= 0.3 is 0 Å². The van der Waals surface area contributed by atoms with Crippen molar-refractivity contribution in [3.8, 4) is 11.4 Å². The second-order valence-electron chi connectivity index (χ2n) is 5.16. The Morgan fingerprint density at radius 3 is 2.42 bits per heavy atom. The fourth-order valence-electron chi connectivity index (χ4n) is 2.40. The molecule has 1 heterocycles. The van der Waals surface area contributed by atoms with Gasteiger partial charge in [-0.3, -0.25) is 0 Å². The lowest BCUT2D eigenvalue weighted by Gasteiger charge is -2.17. The number of hydrogen-bond acceptors (Lipinski definition) is 3. The summed E-state index contributed by atoms with van der Waals surface area (Å²) in [5.41, 5.74) is 2.08. The van der Waals surface area contributed by atoms with Crippen LogP contribution in [0.5, 0.6) is 0 Å². The molecule has 1 aliphatic rings. The first kappa shape index (κ1) is 12.2. The standard InChI is InChI=1S/C16H19N3/c1-2-15(12-8-9-12)19-14-10-17-16(18-11-14)13-6-4-3-5-7-13/h3-7,10-12,15,19H,2,8-9H2,1H3. The van der Waals surface area contributed by atoms with E-state index in [0.29, 0.717) is 6.04 Å². The summed E-state index contributed by atoms with van der Waals surface area (Å²) >= 11 is 0. The zero-order valence-corrected chi connectivity index (χ0v) is 11.2. The van der Waals surface area contributed by atoms with Gasteiger partial charge < -0.3 is 5.32 Å². The topological polar surface area (TPSA) is 37.8 Å². The van der Waals surface area contributed by atoms with E-state index in [0.717, 1.165) is 29.4 Å². The minimum Gasteiger partial charge on any atom is -0.380 e. The minimum atomic E-state index is 0.575. The van der Waals surface area contributed by atoms with Crippen LogP contribution in [0, 0.1) is 5.92 Å². The molecular weight excluding hydrogens is 234 g/mol. The van der Waals surface area contributed by atoms with Gasteiger partial charge in [0.1, 0.15) is 0 Å². The van der Waals surface area contributed by atoms with Gasteiger partial charge in [0.05, 0.1) is 18.1 Å². The van der Waals surface area contributed by atoms with E-state index >= 15 is 0 Å². The molecule has 0 bridgehead atoms. The average molecular weight is 253 g/mol. The first-order valence-electron chi connectivity index (χ1n) is 7.01. The molecule has 0 amide bonds. The summed E-state index contributed by atoms with van der Waals surface area (Å²) in [7, 11) is 0. The highest BCUT2D eigenvalue weighted by Crippen LogP contribution is 2.35. The largest absolute Gasteiger partial charge is 0.380 e. The Balaban J connectivity index is 1.72. The second kappa shape index (κ2) is 5.39. The molecule has 98 valence electrons. The van der Waals surface area contributed by atoms with Crippen LogP contribution in [0.3, 0.4) is 0 Å². The van der Waals surface area contributed by atoms with E-state index in [1.54, 1.807) is 0 Å². The first-order valence-corrected chi connectivity index (χ1v) is 7.01. The smallest absolute Gasteiger partial charge is 0.159 e. The fourth-order valence-corrected chi connectivity index (χ4v) is 2.40. The molecule has 1 aromatic heterocycles. The van der Waals surface area contributed by atoms with E-state index in [1.807, 2.05) is 42.7 Å². The number of rotatable bonds is 5. The van der Waals surface area contributed by atoms with Crippen LogP contribution in [-0.4, -0.2) is 16.0 Å². The third-order valence-corrected chi connectivity index (χ3v) is 3.67. The molecule has 1 atom stereocenters. The van der Waals surface area contributed by atoms with Crippen LogP contribution < -0.4 is 5.32 Å². The molecule has 0 radical (unpaired) electrons. The molecule has 3 nitrogen and oxygen atoms in total. The van der Waals surface area contributed by atoms with Gasteiger partial charge in [-0.25, -0.2) is 9.97 Å². The molecule has 2 aromatic rings. The fraction of sp³-hybridized carbons (Fsp3) is 0.375. The predicted molar refractivity (Wildman–Crippen MR) is 77.9 cm³/mol. The van der Waals surface area contributed by atoms with Crippen molar-refractivity contribution < 1.29 is 0 Å². The van der Waals surface area contributed by atoms with E-state index in [2.05, 4.69) is 22.2 Å². The van der Waals surface area contributed by atoms with Gasteiger partial charge in [0, 0.05) is 11.6 Å². The van der Waals surface area contributed by atoms with Gasteiger partial charge in [0.15, 0.2) is 5.82 Å². The van der Waals surface area contributed by atoms with E-state index in [4.69, 9.17) is 0 Å². The number of hydrogen-bond donors (Lipinski definition) is 1. The van der Waals surface area contributed by atoms with Crippen molar-refractivity contribution in [2.75, 3.05) is 5.32 Å². The third kappa shape index (κ3) is 2.92.